The fourth-order valence-electron chi connectivity index (χ4n) is 2.93. The normalized spacial score (nSPS) is 15.2. The van der Waals surface area contributed by atoms with E-state index in [1.165, 1.54) is 38.5 Å². The van der Waals surface area contributed by atoms with Crippen molar-refractivity contribution >= 4 is 0 Å². The Labute approximate surface area is 120 Å². The first-order chi connectivity index (χ1) is 9.09. The van der Waals surface area contributed by atoms with Gasteiger partial charge in [-0.3, -0.25) is 4.90 Å². The van der Waals surface area contributed by atoms with Crippen LogP contribution in [0.5, 0.6) is 0 Å². The van der Waals surface area contributed by atoms with Gasteiger partial charge in [0.1, 0.15) is 0 Å². The van der Waals surface area contributed by atoms with Gasteiger partial charge in [0.15, 0.2) is 0 Å². The number of ether oxygens (including phenoxy) is 1. The van der Waals surface area contributed by atoms with E-state index in [0.717, 1.165) is 19.7 Å². The molecule has 3 heteroatoms. The van der Waals surface area contributed by atoms with Crippen LogP contribution in [0.3, 0.4) is 0 Å². The van der Waals surface area contributed by atoms with E-state index in [9.17, 15) is 0 Å². The van der Waals surface area contributed by atoms with Gasteiger partial charge in [-0.15, -0.1) is 0 Å². The van der Waals surface area contributed by atoms with Gasteiger partial charge in [0.05, 0.1) is 6.61 Å². The summed E-state index contributed by atoms with van der Waals surface area (Å²) in [6.07, 6.45) is 7.40. The van der Waals surface area contributed by atoms with Crippen LogP contribution in [0.4, 0.5) is 0 Å². The average Bonchev–Trinajstić information content (AvgIpc) is 2.43. The zero-order chi connectivity index (χ0) is 14.7. The lowest BCUT2D eigenvalue weighted by atomic mass is 9.89. The average molecular weight is 272 g/mol. The third kappa shape index (κ3) is 6.24. The highest BCUT2D eigenvalue weighted by Crippen LogP contribution is 2.26. The molecule has 19 heavy (non-hydrogen) atoms. The summed E-state index contributed by atoms with van der Waals surface area (Å²) in [5.41, 5.74) is 6.24. The van der Waals surface area contributed by atoms with E-state index in [4.69, 9.17) is 10.5 Å². The van der Waals surface area contributed by atoms with Gasteiger partial charge in [0, 0.05) is 31.8 Å². The van der Waals surface area contributed by atoms with Gasteiger partial charge in [0.2, 0.25) is 0 Å². The van der Waals surface area contributed by atoms with E-state index in [1.54, 1.807) is 7.11 Å². The maximum atomic E-state index is 6.13. The summed E-state index contributed by atoms with van der Waals surface area (Å²) in [6, 6.07) is 0.616. The summed E-state index contributed by atoms with van der Waals surface area (Å²) in [6.45, 7) is 11.6. The number of hydrogen-bond donors (Lipinski definition) is 1. The molecule has 0 aliphatic heterocycles. The second kappa shape index (κ2) is 10.6. The second-order valence-electron chi connectivity index (χ2n) is 5.81. The lowest BCUT2D eigenvalue weighted by molar-refractivity contribution is 0.0232. The Kier molecular flexibility index (Phi) is 10.6. The Morgan fingerprint density at radius 2 is 1.79 bits per heavy atom. The van der Waals surface area contributed by atoms with Crippen molar-refractivity contribution in [1.82, 2.24) is 4.90 Å². The van der Waals surface area contributed by atoms with Crippen molar-refractivity contribution in [2.24, 2.45) is 5.73 Å². The summed E-state index contributed by atoms with van der Waals surface area (Å²) in [5.74, 6) is 0. The topological polar surface area (TPSA) is 38.5 Å². The summed E-state index contributed by atoms with van der Waals surface area (Å²) in [5, 5.41) is 0. The quantitative estimate of drug-likeness (QED) is 0.553. The largest absolute Gasteiger partial charge is 0.383 e. The zero-order valence-corrected chi connectivity index (χ0v) is 13.9. The van der Waals surface area contributed by atoms with Crippen LogP contribution in [0.25, 0.3) is 0 Å². The number of nitrogens with zero attached hydrogens (tertiary/aromatic N) is 1. The predicted octanol–water partition coefficient (Wildman–Crippen LogP) is 3.42. The minimum absolute atomic E-state index is 0.115. The number of hydrogen-bond acceptors (Lipinski definition) is 3. The maximum Gasteiger partial charge on any atom is 0.0590 e. The molecule has 0 saturated heterocycles. The molecule has 0 aromatic heterocycles. The van der Waals surface area contributed by atoms with Crippen molar-refractivity contribution in [2.75, 3.05) is 26.8 Å². The SMILES string of the molecule is CCCCCC(C)(CN)N(CCOC)C(CC)CC. The van der Waals surface area contributed by atoms with Crippen molar-refractivity contribution < 1.29 is 4.74 Å². The van der Waals surface area contributed by atoms with E-state index in [0.29, 0.717) is 6.04 Å². The smallest absolute Gasteiger partial charge is 0.0590 e. The van der Waals surface area contributed by atoms with Crippen LogP contribution in [0.2, 0.25) is 0 Å². The number of rotatable bonds is 12. The van der Waals surface area contributed by atoms with E-state index in [1.807, 2.05) is 0 Å². The second-order valence-corrected chi connectivity index (χ2v) is 5.81. The molecule has 0 saturated carbocycles. The lowest BCUT2D eigenvalue weighted by Gasteiger charge is -2.45. The fraction of sp³-hybridized carbons (Fsp3) is 1.00. The first kappa shape index (κ1) is 18.9. The molecule has 0 radical (unpaired) electrons. The molecule has 0 aromatic carbocycles. The zero-order valence-electron chi connectivity index (χ0n) is 13.9. The monoisotopic (exact) mass is 272 g/mol. The van der Waals surface area contributed by atoms with E-state index >= 15 is 0 Å². The van der Waals surface area contributed by atoms with Crippen LogP contribution in [0.15, 0.2) is 0 Å². The van der Waals surface area contributed by atoms with E-state index in [2.05, 4.69) is 32.6 Å². The number of nitrogens with two attached hydrogens (primary N) is 1. The number of unbranched alkanes of at least 4 members (excludes halogenated alkanes) is 2. The minimum atomic E-state index is 0.115. The Bertz CT molecular complexity index is 207. The van der Waals surface area contributed by atoms with Gasteiger partial charge in [-0.2, -0.15) is 0 Å². The molecule has 1 atom stereocenters. The molecule has 2 N–H and O–H groups in total. The van der Waals surface area contributed by atoms with Gasteiger partial charge in [-0.25, -0.2) is 0 Å². The van der Waals surface area contributed by atoms with Gasteiger partial charge in [-0.1, -0.05) is 40.0 Å². The van der Waals surface area contributed by atoms with E-state index < -0.39 is 0 Å². The highest BCUT2D eigenvalue weighted by Gasteiger charge is 2.33. The molecule has 116 valence electrons. The highest BCUT2D eigenvalue weighted by atomic mass is 16.5. The van der Waals surface area contributed by atoms with E-state index in [-0.39, 0.29) is 5.54 Å². The molecule has 0 rings (SSSR count). The standard InChI is InChI=1S/C16H36N2O/c1-6-9-10-11-16(4,14-17)18(12-13-19-5)15(7-2)8-3/h15H,6-14,17H2,1-5H3. The molecule has 0 aliphatic rings. The van der Waals surface area contributed by atoms with Crippen LogP contribution < -0.4 is 5.73 Å². The Hall–Kier alpha value is -0.120. The van der Waals surface area contributed by atoms with Crippen LogP contribution >= 0.6 is 0 Å². The summed E-state index contributed by atoms with van der Waals surface area (Å²) in [4.78, 5) is 2.60. The summed E-state index contributed by atoms with van der Waals surface area (Å²) >= 11 is 0. The van der Waals surface area contributed by atoms with Gasteiger partial charge in [-0.05, 0) is 26.2 Å². The predicted molar refractivity (Wildman–Crippen MR) is 84.6 cm³/mol. The van der Waals surface area contributed by atoms with Crippen molar-refractivity contribution in [3.05, 3.63) is 0 Å². The molecule has 0 aromatic rings. The highest BCUT2D eigenvalue weighted by molar-refractivity contribution is 4.90. The van der Waals surface area contributed by atoms with Crippen molar-refractivity contribution in [2.45, 2.75) is 77.8 Å². The Balaban J connectivity index is 4.80. The fourth-order valence-corrected chi connectivity index (χ4v) is 2.93. The Morgan fingerprint density at radius 3 is 2.21 bits per heavy atom. The maximum absolute atomic E-state index is 6.13. The minimum Gasteiger partial charge on any atom is -0.383 e. The molecule has 1 unspecified atom stereocenters. The molecular weight excluding hydrogens is 236 g/mol. The third-order valence-corrected chi connectivity index (χ3v) is 4.37. The van der Waals surface area contributed by atoms with Crippen molar-refractivity contribution in [1.29, 1.82) is 0 Å². The van der Waals surface area contributed by atoms with Crippen molar-refractivity contribution in [3.63, 3.8) is 0 Å². The molecule has 0 heterocycles. The first-order valence-electron chi connectivity index (χ1n) is 8.05. The lowest BCUT2D eigenvalue weighted by Crippen LogP contribution is -2.56. The molecular formula is C16H36N2O. The Morgan fingerprint density at radius 1 is 1.16 bits per heavy atom. The summed E-state index contributed by atoms with van der Waals surface area (Å²) in [7, 11) is 1.78. The molecule has 0 aliphatic carbocycles. The first-order valence-corrected chi connectivity index (χ1v) is 8.05. The molecule has 0 bridgehead atoms. The molecule has 3 nitrogen and oxygen atoms in total. The van der Waals surface area contributed by atoms with Gasteiger partial charge >= 0.3 is 0 Å². The molecule has 0 fully saturated rings. The van der Waals surface area contributed by atoms with Crippen LogP contribution in [-0.2, 0) is 4.74 Å². The van der Waals surface area contributed by atoms with Crippen LogP contribution in [0.1, 0.15) is 66.2 Å². The summed E-state index contributed by atoms with van der Waals surface area (Å²) < 4.78 is 5.29. The van der Waals surface area contributed by atoms with Crippen LogP contribution in [-0.4, -0.2) is 43.3 Å². The molecule has 0 amide bonds. The van der Waals surface area contributed by atoms with Gasteiger partial charge < -0.3 is 10.5 Å². The molecule has 0 spiro atoms. The third-order valence-electron chi connectivity index (χ3n) is 4.37. The van der Waals surface area contributed by atoms with Gasteiger partial charge in [0.25, 0.3) is 0 Å². The van der Waals surface area contributed by atoms with Crippen LogP contribution in [0, 0.1) is 0 Å². The number of methoxy groups -OCH3 is 1. The van der Waals surface area contributed by atoms with Crippen molar-refractivity contribution in [3.8, 4) is 0 Å².